The molecule has 0 saturated carbocycles. The molecule has 146 valence electrons. The fourth-order valence-corrected chi connectivity index (χ4v) is 3.39. The van der Waals surface area contributed by atoms with Crippen molar-refractivity contribution in [1.82, 2.24) is 14.9 Å². The lowest BCUT2D eigenvalue weighted by atomic mass is 10.1. The van der Waals surface area contributed by atoms with Gasteiger partial charge in [0.15, 0.2) is 0 Å². The summed E-state index contributed by atoms with van der Waals surface area (Å²) < 4.78 is 0. The molecule has 1 aliphatic rings. The monoisotopic (exact) mass is 368 g/mol. The van der Waals surface area contributed by atoms with Crippen molar-refractivity contribution < 1.29 is 0 Å². The van der Waals surface area contributed by atoms with Crippen LogP contribution in [-0.4, -0.2) is 55.1 Å². The molecule has 0 unspecified atom stereocenters. The molecule has 2 aromatic rings. The van der Waals surface area contributed by atoms with Gasteiger partial charge in [-0.1, -0.05) is 0 Å². The van der Waals surface area contributed by atoms with Crippen molar-refractivity contribution in [2.24, 2.45) is 0 Å². The van der Waals surface area contributed by atoms with Gasteiger partial charge >= 0.3 is 0 Å². The summed E-state index contributed by atoms with van der Waals surface area (Å²) in [6.45, 7) is 6.22. The van der Waals surface area contributed by atoms with Crippen molar-refractivity contribution in [1.29, 1.82) is 0 Å². The average molecular weight is 369 g/mol. The largest absolute Gasteiger partial charge is 0.372 e. The van der Waals surface area contributed by atoms with Gasteiger partial charge in [0, 0.05) is 37.1 Å². The summed E-state index contributed by atoms with van der Waals surface area (Å²) in [6, 6.07) is 10.6. The van der Waals surface area contributed by atoms with Crippen molar-refractivity contribution in [3.63, 3.8) is 0 Å². The van der Waals surface area contributed by atoms with Crippen LogP contribution in [0, 0.1) is 6.92 Å². The lowest BCUT2D eigenvalue weighted by Crippen LogP contribution is -2.29. The van der Waals surface area contributed by atoms with Gasteiger partial charge in [-0.15, -0.1) is 0 Å². The summed E-state index contributed by atoms with van der Waals surface area (Å²) in [4.78, 5) is 13.7. The second-order valence-corrected chi connectivity index (χ2v) is 7.49. The summed E-state index contributed by atoms with van der Waals surface area (Å²) in [7, 11) is 4.18. The molecule has 0 radical (unpaired) electrons. The third-order valence-electron chi connectivity index (χ3n) is 4.79. The van der Waals surface area contributed by atoms with Crippen molar-refractivity contribution in [3.05, 3.63) is 36.2 Å². The second-order valence-electron chi connectivity index (χ2n) is 7.49. The Morgan fingerprint density at radius 3 is 2.41 bits per heavy atom. The smallest absolute Gasteiger partial charge is 0.136 e. The highest BCUT2D eigenvalue weighted by Gasteiger charge is 2.10. The molecule has 1 aromatic carbocycles. The molecule has 1 aliphatic heterocycles. The first kappa shape index (κ1) is 19.4. The van der Waals surface area contributed by atoms with Gasteiger partial charge < -0.3 is 20.4 Å². The fraction of sp³-hybridized carbons (Fsp3) is 0.524. The summed E-state index contributed by atoms with van der Waals surface area (Å²) in [5.41, 5.74) is 2.36. The van der Waals surface area contributed by atoms with E-state index < -0.39 is 0 Å². The van der Waals surface area contributed by atoms with E-state index in [4.69, 9.17) is 0 Å². The average Bonchev–Trinajstić information content (AvgIpc) is 2.66. The molecule has 2 heterocycles. The molecular formula is C21H32N6. The Hall–Kier alpha value is -2.34. The molecule has 0 bridgehead atoms. The predicted octanol–water partition coefficient (Wildman–Crippen LogP) is 3.88. The Balaban J connectivity index is 1.59. The van der Waals surface area contributed by atoms with E-state index in [-0.39, 0.29) is 0 Å². The zero-order valence-electron chi connectivity index (χ0n) is 16.8. The molecule has 0 aliphatic carbocycles. The van der Waals surface area contributed by atoms with Gasteiger partial charge in [-0.2, -0.15) is 0 Å². The number of rotatable bonds is 8. The Kier molecular flexibility index (Phi) is 6.87. The van der Waals surface area contributed by atoms with Crippen LogP contribution in [0.2, 0.25) is 0 Å². The van der Waals surface area contributed by atoms with Crippen molar-refractivity contribution >= 4 is 23.0 Å². The number of hydrogen-bond donors (Lipinski definition) is 2. The third kappa shape index (κ3) is 6.10. The minimum Gasteiger partial charge on any atom is -0.372 e. The van der Waals surface area contributed by atoms with Gasteiger partial charge in [0.2, 0.25) is 0 Å². The van der Waals surface area contributed by atoms with Gasteiger partial charge in [0.1, 0.15) is 17.5 Å². The molecule has 3 rings (SSSR count). The molecule has 0 atom stereocenters. The quantitative estimate of drug-likeness (QED) is 0.690. The summed E-state index contributed by atoms with van der Waals surface area (Å²) >= 11 is 0. The Morgan fingerprint density at radius 1 is 1.00 bits per heavy atom. The lowest BCUT2D eigenvalue weighted by molar-refractivity contribution is 0.405. The van der Waals surface area contributed by atoms with E-state index in [1.807, 2.05) is 13.0 Å². The van der Waals surface area contributed by atoms with E-state index in [0.29, 0.717) is 0 Å². The van der Waals surface area contributed by atoms with Gasteiger partial charge in [-0.25, -0.2) is 9.97 Å². The van der Waals surface area contributed by atoms with E-state index in [0.717, 1.165) is 42.7 Å². The maximum atomic E-state index is 4.52. The van der Waals surface area contributed by atoms with Gasteiger partial charge in [0.05, 0.1) is 0 Å². The number of anilines is 4. The highest BCUT2D eigenvalue weighted by Crippen LogP contribution is 2.23. The number of nitrogens with zero attached hydrogens (tertiary/aromatic N) is 4. The van der Waals surface area contributed by atoms with Gasteiger partial charge in [-0.05, 0) is 77.5 Å². The lowest BCUT2D eigenvalue weighted by Gasteiger charge is -2.28. The zero-order valence-corrected chi connectivity index (χ0v) is 16.8. The SMILES string of the molecule is Cc1nc(NCCCN(C)C)cc(Nc2ccc(N3CCCCC3)cc2)n1. The van der Waals surface area contributed by atoms with Crippen LogP contribution >= 0.6 is 0 Å². The molecule has 6 heteroatoms. The first-order chi connectivity index (χ1) is 13.1. The van der Waals surface area contributed by atoms with Crippen LogP contribution in [-0.2, 0) is 0 Å². The molecule has 2 N–H and O–H groups in total. The summed E-state index contributed by atoms with van der Waals surface area (Å²) in [6.07, 6.45) is 5.03. The molecule has 1 aromatic heterocycles. The number of hydrogen-bond acceptors (Lipinski definition) is 6. The standard InChI is InChI=1S/C21H32N6/c1-17-23-20(22-12-7-13-26(2)3)16-21(24-17)25-18-8-10-19(11-9-18)27-14-5-4-6-15-27/h8-11,16H,4-7,12-15H2,1-3H3,(H2,22,23,24,25). The van der Waals surface area contributed by atoms with Crippen LogP contribution in [0.5, 0.6) is 0 Å². The number of nitrogens with one attached hydrogen (secondary N) is 2. The fourth-order valence-electron chi connectivity index (χ4n) is 3.39. The normalized spacial score (nSPS) is 14.4. The number of piperidine rings is 1. The first-order valence-electron chi connectivity index (χ1n) is 9.96. The first-order valence-corrected chi connectivity index (χ1v) is 9.96. The summed E-state index contributed by atoms with van der Waals surface area (Å²) in [5.74, 6) is 2.46. The highest BCUT2D eigenvalue weighted by molar-refractivity contribution is 5.62. The van der Waals surface area contributed by atoms with Crippen molar-refractivity contribution in [3.8, 4) is 0 Å². The topological polar surface area (TPSA) is 56.3 Å². The van der Waals surface area contributed by atoms with Crippen molar-refractivity contribution in [2.75, 3.05) is 55.8 Å². The Labute approximate surface area is 163 Å². The van der Waals surface area contributed by atoms with Gasteiger partial charge in [-0.3, -0.25) is 0 Å². The molecule has 0 spiro atoms. The van der Waals surface area contributed by atoms with Crippen LogP contribution in [0.3, 0.4) is 0 Å². The van der Waals surface area contributed by atoms with E-state index in [9.17, 15) is 0 Å². The summed E-state index contributed by atoms with van der Waals surface area (Å²) in [5, 5.41) is 6.80. The number of benzene rings is 1. The van der Waals surface area contributed by atoms with Crippen LogP contribution in [0.25, 0.3) is 0 Å². The second kappa shape index (κ2) is 9.55. The maximum Gasteiger partial charge on any atom is 0.136 e. The third-order valence-corrected chi connectivity index (χ3v) is 4.79. The number of aromatic nitrogens is 2. The molecular weight excluding hydrogens is 336 g/mol. The molecule has 27 heavy (non-hydrogen) atoms. The van der Waals surface area contributed by atoms with Crippen LogP contribution in [0.1, 0.15) is 31.5 Å². The van der Waals surface area contributed by atoms with Crippen LogP contribution < -0.4 is 15.5 Å². The highest BCUT2D eigenvalue weighted by atomic mass is 15.1. The molecule has 1 saturated heterocycles. The minimum absolute atomic E-state index is 0.764. The van der Waals surface area contributed by atoms with E-state index in [1.165, 1.54) is 38.0 Å². The minimum atomic E-state index is 0.764. The zero-order chi connectivity index (χ0) is 19.1. The van der Waals surface area contributed by atoms with E-state index in [2.05, 4.69) is 68.8 Å². The van der Waals surface area contributed by atoms with Crippen molar-refractivity contribution in [2.45, 2.75) is 32.6 Å². The predicted molar refractivity (Wildman–Crippen MR) is 114 cm³/mol. The molecule has 6 nitrogen and oxygen atoms in total. The van der Waals surface area contributed by atoms with Gasteiger partial charge in [0.25, 0.3) is 0 Å². The van der Waals surface area contributed by atoms with E-state index in [1.54, 1.807) is 0 Å². The molecule has 1 fully saturated rings. The molecule has 0 amide bonds. The number of aryl methyl sites for hydroxylation is 1. The van der Waals surface area contributed by atoms with Crippen LogP contribution in [0.4, 0.5) is 23.0 Å². The maximum absolute atomic E-state index is 4.52. The van der Waals surface area contributed by atoms with Crippen LogP contribution in [0.15, 0.2) is 30.3 Å². The van der Waals surface area contributed by atoms with E-state index >= 15 is 0 Å². The Bertz CT molecular complexity index is 707. The Morgan fingerprint density at radius 2 is 1.70 bits per heavy atom.